The van der Waals surface area contributed by atoms with Crippen LogP contribution in [0.15, 0.2) is 36.4 Å². The fourth-order valence-corrected chi connectivity index (χ4v) is 4.15. The van der Waals surface area contributed by atoms with Gasteiger partial charge in [0.2, 0.25) is 0 Å². The van der Waals surface area contributed by atoms with Gasteiger partial charge in [-0.05, 0) is 82.5 Å². The van der Waals surface area contributed by atoms with Crippen molar-refractivity contribution in [3.8, 4) is 17.2 Å². The highest BCUT2D eigenvalue weighted by Crippen LogP contribution is 2.35. The van der Waals surface area contributed by atoms with Crippen molar-refractivity contribution in [2.24, 2.45) is 5.84 Å². The van der Waals surface area contributed by atoms with Crippen LogP contribution in [0.2, 0.25) is 0 Å². The standard InChI is InChI=1S/C28H39N3O7.C2H6/c1-19-17-20(26(32)34-6)18-24(25(19)30(5)29)37-23-9-7-21(8-10-23)35-15-16-36-22-11-13-31(14-12-22)27(33)38-28(2,3)4;1-2/h7-10,17-18,22H,11-16,29H2,1-6H3;1-2H3. The van der Waals surface area contributed by atoms with Crippen molar-refractivity contribution in [2.45, 2.75) is 66.1 Å². The third-order valence-electron chi connectivity index (χ3n) is 5.89. The number of likely N-dealkylation sites (tertiary alicyclic amines) is 1. The first-order valence-corrected chi connectivity index (χ1v) is 13.7. The van der Waals surface area contributed by atoms with Crippen LogP contribution in [0.25, 0.3) is 0 Å². The first-order chi connectivity index (χ1) is 19.0. The Hall–Kier alpha value is -3.50. The Morgan fingerprint density at radius 1 is 1.02 bits per heavy atom. The fraction of sp³-hybridized carbons (Fsp3) is 0.533. The van der Waals surface area contributed by atoms with Crippen molar-refractivity contribution >= 4 is 17.7 Å². The molecule has 0 aromatic heterocycles. The SMILES string of the molecule is CC.COC(=O)c1cc(C)c(N(C)N)c(Oc2ccc(OCCOC3CCN(C(=O)OC(C)(C)C)CC3)cc2)c1. The maximum absolute atomic E-state index is 12.2. The van der Waals surface area contributed by atoms with Crippen LogP contribution in [-0.4, -0.2) is 69.1 Å². The molecule has 1 aliphatic heterocycles. The van der Waals surface area contributed by atoms with Gasteiger partial charge in [0.05, 0.1) is 31.1 Å². The van der Waals surface area contributed by atoms with E-state index in [4.69, 9.17) is 29.5 Å². The van der Waals surface area contributed by atoms with E-state index in [0.717, 1.165) is 18.4 Å². The summed E-state index contributed by atoms with van der Waals surface area (Å²) in [5.74, 6) is 7.22. The van der Waals surface area contributed by atoms with Gasteiger partial charge in [-0.1, -0.05) is 13.8 Å². The lowest BCUT2D eigenvalue weighted by atomic mass is 10.1. The largest absolute Gasteiger partial charge is 0.491 e. The summed E-state index contributed by atoms with van der Waals surface area (Å²) < 4.78 is 28.1. The Balaban J connectivity index is 0.00000274. The number of carbonyl (C=O) groups excluding carboxylic acids is 2. The van der Waals surface area contributed by atoms with Crippen LogP contribution < -0.4 is 20.3 Å². The number of nitrogens with two attached hydrogens (primary N) is 1. The number of hydrazine groups is 1. The fourth-order valence-electron chi connectivity index (χ4n) is 4.15. The van der Waals surface area contributed by atoms with E-state index in [0.29, 0.717) is 54.8 Å². The van der Waals surface area contributed by atoms with Gasteiger partial charge in [-0.3, -0.25) is 0 Å². The van der Waals surface area contributed by atoms with Crippen molar-refractivity contribution in [3.05, 3.63) is 47.5 Å². The number of amides is 1. The monoisotopic (exact) mass is 559 g/mol. The van der Waals surface area contributed by atoms with Crippen LogP contribution in [0.5, 0.6) is 17.2 Å². The first kappa shape index (κ1) is 32.7. The van der Waals surface area contributed by atoms with Crippen molar-refractivity contribution in [1.82, 2.24) is 4.90 Å². The number of hydrogen-bond donors (Lipinski definition) is 1. The summed E-state index contributed by atoms with van der Waals surface area (Å²) in [4.78, 5) is 26.0. The molecule has 3 rings (SSSR count). The number of anilines is 1. The molecule has 10 nitrogen and oxygen atoms in total. The third-order valence-corrected chi connectivity index (χ3v) is 5.89. The van der Waals surface area contributed by atoms with Gasteiger partial charge < -0.3 is 33.6 Å². The Morgan fingerprint density at radius 2 is 1.62 bits per heavy atom. The molecule has 0 saturated carbocycles. The summed E-state index contributed by atoms with van der Waals surface area (Å²) in [6, 6.07) is 10.5. The van der Waals surface area contributed by atoms with Gasteiger partial charge in [-0.25, -0.2) is 15.4 Å². The van der Waals surface area contributed by atoms with E-state index in [1.165, 1.54) is 12.1 Å². The molecule has 0 aliphatic carbocycles. The third kappa shape index (κ3) is 9.91. The zero-order valence-corrected chi connectivity index (χ0v) is 25.1. The highest BCUT2D eigenvalue weighted by atomic mass is 16.6. The summed E-state index contributed by atoms with van der Waals surface area (Å²) in [5, 5.41) is 1.45. The predicted molar refractivity (Wildman–Crippen MR) is 155 cm³/mol. The van der Waals surface area contributed by atoms with E-state index < -0.39 is 11.6 Å². The Labute approximate surface area is 238 Å². The van der Waals surface area contributed by atoms with Gasteiger partial charge >= 0.3 is 12.1 Å². The van der Waals surface area contributed by atoms with E-state index in [1.807, 2.05) is 41.5 Å². The number of carbonyl (C=O) groups is 2. The van der Waals surface area contributed by atoms with Crippen LogP contribution in [0.4, 0.5) is 10.5 Å². The van der Waals surface area contributed by atoms with Gasteiger partial charge in [0.15, 0.2) is 5.75 Å². The minimum atomic E-state index is -0.495. The summed E-state index contributed by atoms with van der Waals surface area (Å²) in [6.45, 7) is 13.5. The van der Waals surface area contributed by atoms with E-state index in [2.05, 4.69) is 0 Å². The molecule has 40 heavy (non-hydrogen) atoms. The van der Waals surface area contributed by atoms with Crippen LogP contribution in [0.1, 0.15) is 63.4 Å². The molecule has 2 aromatic rings. The van der Waals surface area contributed by atoms with Gasteiger partial charge in [-0.15, -0.1) is 0 Å². The number of ether oxygens (including phenoxy) is 5. The predicted octanol–water partition coefficient (Wildman–Crippen LogP) is 5.70. The molecule has 10 heteroatoms. The maximum Gasteiger partial charge on any atom is 0.410 e. The molecule has 1 saturated heterocycles. The molecule has 1 amide bonds. The first-order valence-electron chi connectivity index (χ1n) is 13.7. The van der Waals surface area contributed by atoms with Gasteiger partial charge in [0.25, 0.3) is 0 Å². The summed E-state index contributed by atoms with van der Waals surface area (Å²) in [5.41, 5.74) is 1.32. The molecule has 1 aliphatic rings. The number of methoxy groups -OCH3 is 1. The molecular formula is C30H45N3O7. The van der Waals surface area contributed by atoms with Crippen LogP contribution in [0, 0.1) is 6.92 Å². The number of esters is 1. The van der Waals surface area contributed by atoms with Crippen LogP contribution >= 0.6 is 0 Å². The molecule has 1 heterocycles. The Morgan fingerprint density at radius 3 is 2.17 bits per heavy atom. The number of aryl methyl sites for hydroxylation is 1. The van der Waals surface area contributed by atoms with Crippen molar-refractivity contribution < 1.29 is 33.3 Å². The Kier molecular flexibility index (Phi) is 12.5. The number of rotatable bonds is 9. The topological polar surface area (TPSA) is 113 Å². The van der Waals surface area contributed by atoms with Gasteiger partial charge in [0.1, 0.15) is 23.7 Å². The molecule has 0 atom stereocenters. The molecule has 2 N–H and O–H groups in total. The summed E-state index contributed by atoms with van der Waals surface area (Å²) in [7, 11) is 3.04. The zero-order valence-electron chi connectivity index (χ0n) is 25.1. The van der Waals surface area contributed by atoms with E-state index in [9.17, 15) is 9.59 Å². The lowest BCUT2D eigenvalue weighted by Gasteiger charge is -2.33. The number of hydrogen-bond acceptors (Lipinski definition) is 9. The van der Waals surface area contributed by atoms with Crippen molar-refractivity contribution in [2.75, 3.05) is 45.5 Å². The second-order valence-corrected chi connectivity index (χ2v) is 10.2. The lowest BCUT2D eigenvalue weighted by Crippen LogP contribution is -2.43. The molecule has 0 spiro atoms. The van der Waals surface area contributed by atoms with Gasteiger partial charge in [-0.2, -0.15) is 0 Å². The lowest BCUT2D eigenvalue weighted by molar-refractivity contribution is -0.0177. The molecule has 0 unspecified atom stereocenters. The van der Waals surface area contributed by atoms with E-state index in [1.54, 1.807) is 48.3 Å². The molecule has 2 aromatic carbocycles. The highest BCUT2D eigenvalue weighted by molar-refractivity contribution is 5.91. The van der Waals surface area contributed by atoms with Crippen molar-refractivity contribution in [3.63, 3.8) is 0 Å². The maximum atomic E-state index is 12.2. The number of nitrogens with zero attached hydrogens (tertiary/aromatic N) is 2. The van der Waals surface area contributed by atoms with Gasteiger partial charge in [0, 0.05) is 20.1 Å². The van der Waals surface area contributed by atoms with Crippen LogP contribution in [0.3, 0.4) is 0 Å². The molecule has 222 valence electrons. The summed E-state index contributed by atoms with van der Waals surface area (Å²) >= 11 is 0. The average Bonchev–Trinajstić information content (AvgIpc) is 2.91. The second-order valence-electron chi connectivity index (χ2n) is 10.2. The van der Waals surface area contributed by atoms with Crippen LogP contribution in [-0.2, 0) is 14.2 Å². The average molecular weight is 560 g/mol. The smallest absolute Gasteiger partial charge is 0.410 e. The molecular weight excluding hydrogens is 514 g/mol. The minimum Gasteiger partial charge on any atom is -0.491 e. The zero-order chi connectivity index (χ0) is 29.9. The molecule has 0 radical (unpaired) electrons. The second kappa shape index (κ2) is 15.3. The van der Waals surface area contributed by atoms with Crippen molar-refractivity contribution in [1.29, 1.82) is 0 Å². The minimum absolute atomic E-state index is 0.0899. The number of benzene rings is 2. The quantitative estimate of drug-likeness (QED) is 0.179. The number of piperidine rings is 1. The van der Waals surface area contributed by atoms with E-state index in [-0.39, 0.29) is 12.2 Å². The normalized spacial score (nSPS) is 13.6. The molecule has 0 bridgehead atoms. The highest BCUT2D eigenvalue weighted by Gasteiger charge is 2.27. The molecule has 1 fully saturated rings. The Bertz CT molecular complexity index is 1090. The van der Waals surface area contributed by atoms with E-state index >= 15 is 0 Å². The summed E-state index contributed by atoms with van der Waals surface area (Å²) in [6.07, 6.45) is 1.35.